The van der Waals surface area contributed by atoms with E-state index in [1.165, 1.54) is 5.56 Å². The number of carbonyl (C=O) groups excluding carboxylic acids is 1. The Morgan fingerprint density at radius 1 is 1.16 bits per heavy atom. The highest BCUT2D eigenvalue weighted by Crippen LogP contribution is 2.26. The molecule has 1 aliphatic heterocycles. The van der Waals surface area contributed by atoms with Gasteiger partial charge in [-0.1, -0.05) is 24.3 Å². The maximum Gasteiger partial charge on any atom is 0.248 e. The summed E-state index contributed by atoms with van der Waals surface area (Å²) in [4.78, 5) is 25.1. The van der Waals surface area contributed by atoms with Crippen LogP contribution in [0.1, 0.15) is 27.7 Å². The molecule has 0 radical (unpaired) electrons. The van der Waals surface area contributed by atoms with Gasteiger partial charge in [-0.3, -0.25) is 14.7 Å². The number of rotatable bonds is 6. The highest BCUT2D eigenvalue weighted by Gasteiger charge is 2.24. The SMILES string of the molecule is CN(C)c1ncccc1CN1CCOC(c2cccc(-c3ccc(C(N)=O)cc3)n2)C1. The first-order valence-corrected chi connectivity index (χ1v) is 10.3. The van der Waals surface area contributed by atoms with Crippen molar-refractivity contribution >= 4 is 11.7 Å². The third-order valence-corrected chi connectivity index (χ3v) is 5.40. The molecule has 0 bridgehead atoms. The van der Waals surface area contributed by atoms with Crippen molar-refractivity contribution in [2.24, 2.45) is 5.73 Å². The Kier molecular flexibility index (Phi) is 6.25. The van der Waals surface area contributed by atoms with Crippen molar-refractivity contribution in [1.29, 1.82) is 0 Å². The summed E-state index contributed by atoms with van der Waals surface area (Å²) in [6.45, 7) is 3.10. The highest BCUT2D eigenvalue weighted by atomic mass is 16.5. The van der Waals surface area contributed by atoms with Crippen LogP contribution in [0.3, 0.4) is 0 Å². The van der Waals surface area contributed by atoms with E-state index in [1.807, 2.05) is 61.6 Å². The van der Waals surface area contributed by atoms with Gasteiger partial charge in [0.15, 0.2) is 0 Å². The number of aromatic nitrogens is 2. The minimum absolute atomic E-state index is 0.0990. The van der Waals surface area contributed by atoms with Gasteiger partial charge < -0.3 is 15.4 Å². The quantitative estimate of drug-likeness (QED) is 0.664. The first-order chi connectivity index (χ1) is 15.0. The summed E-state index contributed by atoms with van der Waals surface area (Å²) in [5.41, 5.74) is 9.70. The van der Waals surface area contributed by atoms with Gasteiger partial charge in [-0.25, -0.2) is 4.98 Å². The molecule has 1 aromatic carbocycles. The van der Waals surface area contributed by atoms with Crippen LogP contribution in [0.2, 0.25) is 0 Å². The van der Waals surface area contributed by atoms with E-state index in [-0.39, 0.29) is 6.10 Å². The summed E-state index contributed by atoms with van der Waals surface area (Å²) in [5, 5.41) is 0. The smallest absolute Gasteiger partial charge is 0.248 e. The first-order valence-electron chi connectivity index (χ1n) is 10.3. The van der Waals surface area contributed by atoms with Crippen LogP contribution in [0, 0.1) is 0 Å². The largest absolute Gasteiger partial charge is 0.369 e. The van der Waals surface area contributed by atoms with E-state index in [2.05, 4.69) is 16.0 Å². The van der Waals surface area contributed by atoms with Gasteiger partial charge in [0.05, 0.1) is 18.0 Å². The van der Waals surface area contributed by atoms with E-state index in [0.717, 1.165) is 42.4 Å². The molecule has 4 rings (SSSR count). The zero-order chi connectivity index (χ0) is 21.8. The fraction of sp³-hybridized carbons (Fsp3) is 0.292. The standard InChI is InChI=1S/C24H27N5O2/c1-28(2)24-19(5-4-12-26-24)15-29-13-14-31-22(16-29)21-7-3-6-20(27-21)17-8-10-18(11-9-17)23(25)30/h3-12,22H,13-16H2,1-2H3,(H2,25,30). The molecule has 3 heterocycles. The summed E-state index contributed by atoms with van der Waals surface area (Å²) in [7, 11) is 4.03. The van der Waals surface area contributed by atoms with Gasteiger partial charge in [-0.2, -0.15) is 0 Å². The normalized spacial score (nSPS) is 16.8. The molecule has 2 aromatic heterocycles. The third kappa shape index (κ3) is 4.90. The van der Waals surface area contributed by atoms with E-state index in [0.29, 0.717) is 12.2 Å². The molecule has 0 aliphatic carbocycles. The Morgan fingerprint density at radius 2 is 1.97 bits per heavy atom. The van der Waals surface area contributed by atoms with Crippen molar-refractivity contribution in [3.8, 4) is 11.3 Å². The molecule has 0 spiro atoms. The molecule has 2 N–H and O–H groups in total. The summed E-state index contributed by atoms with van der Waals surface area (Å²) in [5.74, 6) is 0.556. The van der Waals surface area contributed by atoms with Crippen LogP contribution in [0.5, 0.6) is 0 Å². The van der Waals surface area contributed by atoms with E-state index in [9.17, 15) is 4.79 Å². The molecular formula is C24H27N5O2. The second-order valence-corrected chi connectivity index (χ2v) is 7.86. The van der Waals surface area contributed by atoms with E-state index in [4.69, 9.17) is 15.5 Å². The molecular weight excluding hydrogens is 390 g/mol. The second kappa shape index (κ2) is 9.24. The lowest BCUT2D eigenvalue weighted by atomic mass is 10.1. The van der Waals surface area contributed by atoms with E-state index in [1.54, 1.807) is 12.1 Å². The lowest BCUT2D eigenvalue weighted by molar-refractivity contribution is -0.0349. The Hall–Kier alpha value is -3.29. The molecule has 1 fully saturated rings. The highest BCUT2D eigenvalue weighted by molar-refractivity contribution is 5.93. The number of carbonyl (C=O) groups is 1. The molecule has 1 unspecified atom stereocenters. The molecule has 7 nitrogen and oxygen atoms in total. The van der Waals surface area contributed by atoms with Crippen molar-refractivity contribution in [2.45, 2.75) is 12.6 Å². The van der Waals surface area contributed by atoms with Gasteiger partial charge in [0.25, 0.3) is 0 Å². The van der Waals surface area contributed by atoms with Crippen molar-refractivity contribution in [3.63, 3.8) is 0 Å². The number of benzene rings is 1. The second-order valence-electron chi connectivity index (χ2n) is 7.86. The van der Waals surface area contributed by atoms with Crippen LogP contribution >= 0.6 is 0 Å². The Labute approximate surface area is 182 Å². The first kappa shape index (κ1) is 21.0. The topological polar surface area (TPSA) is 84.6 Å². The molecule has 160 valence electrons. The molecule has 1 atom stereocenters. The summed E-state index contributed by atoms with van der Waals surface area (Å²) in [6, 6.07) is 17.2. The van der Waals surface area contributed by atoms with Gasteiger partial charge in [0, 0.05) is 56.6 Å². The molecule has 1 saturated heterocycles. The summed E-state index contributed by atoms with van der Waals surface area (Å²) in [6.07, 6.45) is 1.73. The van der Waals surface area contributed by atoms with Gasteiger partial charge >= 0.3 is 0 Å². The van der Waals surface area contributed by atoms with Crippen molar-refractivity contribution in [3.05, 3.63) is 77.6 Å². The fourth-order valence-electron chi connectivity index (χ4n) is 3.82. The van der Waals surface area contributed by atoms with E-state index < -0.39 is 5.91 Å². The summed E-state index contributed by atoms with van der Waals surface area (Å²) >= 11 is 0. The number of anilines is 1. The zero-order valence-electron chi connectivity index (χ0n) is 17.9. The molecule has 1 amide bonds. The van der Waals surface area contributed by atoms with Crippen LogP contribution in [0.25, 0.3) is 11.3 Å². The van der Waals surface area contributed by atoms with Crippen LogP contribution in [-0.4, -0.2) is 54.6 Å². The average molecular weight is 418 g/mol. The Morgan fingerprint density at radius 3 is 2.71 bits per heavy atom. The number of primary amides is 1. The average Bonchev–Trinajstić information content (AvgIpc) is 2.79. The number of amides is 1. The van der Waals surface area contributed by atoms with E-state index >= 15 is 0 Å². The summed E-state index contributed by atoms with van der Waals surface area (Å²) < 4.78 is 6.06. The monoisotopic (exact) mass is 417 g/mol. The number of hydrogen-bond acceptors (Lipinski definition) is 6. The van der Waals surface area contributed by atoms with Gasteiger partial charge in [-0.15, -0.1) is 0 Å². The van der Waals surface area contributed by atoms with Crippen molar-refractivity contribution < 1.29 is 9.53 Å². The number of nitrogens with two attached hydrogens (primary N) is 1. The lowest BCUT2D eigenvalue weighted by Crippen LogP contribution is -2.38. The fourth-order valence-corrected chi connectivity index (χ4v) is 3.82. The molecule has 0 saturated carbocycles. The zero-order valence-corrected chi connectivity index (χ0v) is 17.9. The van der Waals surface area contributed by atoms with Gasteiger partial charge in [0.1, 0.15) is 11.9 Å². The Bertz CT molecular complexity index is 1050. The number of nitrogens with zero attached hydrogens (tertiary/aromatic N) is 4. The number of hydrogen-bond donors (Lipinski definition) is 1. The van der Waals surface area contributed by atoms with Crippen LogP contribution in [0.4, 0.5) is 5.82 Å². The minimum Gasteiger partial charge on any atom is -0.369 e. The van der Waals surface area contributed by atoms with Crippen molar-refractivity contribution in [2.75, 3.05) is 38.7 Å². The van der Waals surface area contributed by atoms with Gasteiger partial charge in [0.2, 0.25) is 5.91 Å². The minimum atomic E-state index is -0.435. The molecule has 7 heteroatoms. The molecule has 3 aromatic rings. The van der Waals surface area contributed by atoms with Crippen molar-refractivity contribution in [1.82, 2.24) is 14.9 Å². The third-order valence-electron chi connectivity index (χ3n) is 5.40. The number of ether oxygens (including phenoxy) is 1. The lowest BCUT2D eigenvalue weighted by Gasteiger charge is -2.33. The van der Waals surface area contributed by atoms with Crippen LogP contribution in [-0.2, 0) is 11.3 Å². The predicted molar refractivity (Wildman–Crippen MR) is 121 cm³/mol. The maximum absolute atomic E-state index is 11.3. The van der Waals surface area contributed by atoms with Crippen LogP contribution in [0.15, 0.2) is 60.8 Å². The Balaban J connectivity index is 1.50. The number of morpholine rings is 1. The predicted octanol–water partition coefficient (Wildman–Crippen LogP) is 2.88. The number of pyridine rings is 2. The maximum atomic E-state index is 11.3. The molecule has 1 aliphatic rings. The van der Waals surface area contributed by atoms with Gasteiger partial charge in [-0.05, 0) is 30.3 Å². The molecule has 31 heavy (non-hydrogen) atoms. The van der Waals surface area contributed by atoms with Crippen LogP contribution < -0.4 is 10.6 Å².